The van der Waals surface area contributed by atoms with E-state index in [0.29, 0.717) is 83.4 Å². The van der Waals surface area contributed by atoms with Crippen molar-refractivity contribution in [1.29, 1.82) is 0 Å². The number of ether oxygens (including phenoxy) is 2. The van der Waals surface area contributed by atoms with E-state index < -0.39 is 11.9 Å². The van der Waals surface area contributed by atoms with Gasteiger partial charge in [-0.2, -0.15) is 0 Å². The quantitative estimate of drug-likeness (QED) is 0.0105. The number of piperidine rings is 2. The molecule has 6 amide bonds. The average molecular weight is 2020 g/mol. The number of rotatable bonds is 50. The SMILES string of the molecule is CC1C(=O)NC(=O)N1Cc1ccccc1.CCCCCCCCC(CCCCCC)COc1ccccc1C(N)=O.CCCCCCCCN1C(C)(C)CC(OC(=O)CCCCCCCCC(=O)C2CC(C)(C)N(CCCCCCCC)C(C)(C)C2)CC1(C)C.Cc1cc(O)c(C)cc1O.Cc1ccccc1C(=O)O.O=C(c1cccc(C(=O)N(C2CCCCC2)C2CCCCC2)c1)N(C1CCCCC1)C1CCCCC1. The van der Waals surface area contributed by atoms with Crippen LogP contribution in [0.15, 0.2) is 115 Å². The molecule has 2 atom stereocenters. The zero-order valence-corrected chi connectivity index (χ0v) is 94.3. The molecule has 12 rings (SSSR count). The number of aromatic hydroxyl groups is 2. The van der Waals surface area contributed by atoms with E-state index in [2.05, 4.69) is 108 Å². The average Bonchev–Trinajstić information content (AvgIpc) is 0.962. The third-order valence-corrected chi connectivity index (χ3v) is 32.3. The predicted molar refractivity (Wildman–Crippen MR) is 600 cm³/mol. The van der Waals surface area contributed by atoms with E-state index in [-0.39, 0.29) is 81.4 Å². The number of aryl methyl sites for hydroxylation is 3. The third-order valence-electron chi connectivity index (χ3n) is 32.3. The van der Waals surface area contributed by atoms with Gasteiger partial charge in [-0.3, -0.25) is 43.9 Å². The van der Waals surface area contributed by atoms with Gasteiger partial charge in [-0.05, 0) is 276 Å². The molecule has 7 aliphatic rings. The Labute approximate surface area is 884 Å². The molecule has 5 aromatic carbocycles. The summed E-state index contributed by atoms with van der Waals surface area (Å²) in [5, 5.41) is 29.1. The summed E-state index contributed by atoms with van der Waals surface area (Å²) >= 11 is 0. The lowest BCUT2D eigenvalue weighted by molar-refractivity contribution is -0.160. The van der Waals surface area contributed by atoms with Crippen molar-refractivity contribution in [1.82, 2.24) is 29.8 Å². The molecule has 3 heterocycles. The number of ketones is 1. The molecule has 0 spiro atoms. The fourth-order valence-electron chi connectivity index (χ4n) is 24.2. The molecule has 0 radical (unpaired) electrons. The van der Waals surface area contributed by atoms with E-state index in [1.165, 1.54) is 236 Å². The zero-order chi connectivity index (χ0) is 106. The minimum Gasteiger partial charge on any atom is -0.508 e. The van der Waals surface area contributed by atoms with Crippen molar-refractivity contribution in [2.24, 2.45) is 17.6 Å². The highest BCUT2D eigenvalue weighted by atomic mass is 16.5. The fourth-order valence-corrected chi connectivity index (χ4v) is 24.2. The number of hydrogen-bond acceptors (Lipinski definition) is 14. The number of carboxylic acids is 1. The Hall–Kier alpha value is -8.62. The van der Waals surface area contributed by atoms with E-state index in [1.54, 1.807) is 64.1 Å². The standard InChI is InChI=1S/C44H84N2O3.C32H48N2O2.C23H39NO2.C11H12N2O2.C8H10O2.C8H8O2/c1-11-13-15-17-23-27-31-45-41(3,4)33-37(34-42(45,5)6)39(47)29-25-21-19-20-22-26-30-40(48)49-38-35-43(7,8)46(44(9,10)36-38)32-28-24-18-16-14-12-2;35-31(33(27-16-5-1-6-17-27)28-18-7-2-8-19-28)25-14-13-15-26(24-25)32(36)34(29-20-9-3-10-21-29)30-22-11-4-12-23-30;1-3-5-7-9-10-12-16-20(15-11-8-6-4-2)19-26-22-18-14-13-17-21(22)23(24)25;1-8-10(14)12-11(15)13(8)7-9-5-3-2-4-6-9;1-5-3-8(10)6(2)4-7(5)9;1-6-4-2-3-5-7(6)8(9)10/h37-38H,11-36H2,1-10H3;13-15,24,27-30H,1-12,16-23H2;13-14,17-18,20H,3-12,15-16,19H2,1-2H3,(H2,24,25);2-6,8H,7H2,1H3,(H,12,14,15);3-4,9-10H,1-2H3;2-5H,1H3,(H,9,10). The van der Waals surface area contributed by atoms with Crippen LogP contribution in [0.3, 0.4) is 0 Å². The van der Waals surface area contributed by atoms with Crippen molar-refractivity contribution in [2.45, 2.75) is 535 Å². The van der Waals surface area contributed by atoms with Crippen molar-refractivity contribution in [2.75, 3.05) is 19.7 Å². The largest absolute Gasteiger partial charge is 0.508 e. The molecule has 6 N–H and O–H groups in total. The number of phenols is 2. The maximum Gasteiger partial charge on any atom is 0.335 e. The first kappa shape index (κ1) is 124. The van der Waals surface area contributed by atoms with Crippen LogP contribution in [0.2, 0.25) is 0 Å². The number of Topliss-reactive ketones (excluding diaryl/α,β-unsaturated/α-hetero) is 1. The van der Waals surface area contributed by atoms with Crippen LogP contribution >= 0.6 is 0 Å². The summed E-state index contributed by atoms with van der Waals surface area (Å²) in [5.74, 6) is 1.16. The van der Waals surface area contributed by atoms with Crippen molar-refractivity contribution in [3.8, 4) is 17.2 Å². The van der Waals surface area contributed by atoms with Crippen molar-refractivity contribution < 1.29 is 63.1 Å². The first-order valence-electron chi connectivity index (χ1n) is 58.5. The van der Waals surface area contributed by atoms with Gasteiger partial charge in [0.25, 0.3) is 23.6 Å². The van der Waals surface area contributed by atoms with E-state index in [9.17, 15) is 38.4 Å². The monoisotopic (exact) mass is 2020 g/mol. The number of nitrogens with two attached hydrogens (primary N) is 1. The summed E-state index contributed by atoms with van der Waals surface area (Å²) in [4.78, 5) is 110. The van der Waals surface area contributed by atoms with Gasteiger partial charge >= 0.3 is 18.0 Å². The first-order chi connectivity index (χ1) is 70.0. The Morgan fingerprint density at radius 3 is 1.20 bits per heavy atom. The molecule has 3 aliphatic heterocycles. The van der Waals surface area contributed by atoms with Gasteiger partial charge in [0, 0.05) is 95.6 Å². The summed E-state index contributed by atoms with van der Waals surface area (Å²) in [6.07, 6.45) is 67.1. The van der Waals surface area contributed by atoms with Crippen molar-refractivity contribution >= 4 is 47.4 Å². The third kappa shape index (κ3) is 43.4. The summed E-state index contributed by atoms with van der Waals surface area (Å²) in [5.41, 5.74) is 11.2. The van der Waals surface area contributed by atoms with Gasteiger partial charge in [-0.1, -0.05) is 326 Å². The highest BCUT2D eigenvalue weighted by Gasteiger charge is 2.49. The van der Waals surface area contributed by atoms with Gasteiger partial charge in [0.05, 0.1) is 17.7 Å². The topological polar surface area (TPSA) is 270 Å². The Balaban J connectivity index is 0.000000259. The van der Waals surface area contributed by atoms with E-state index in [4.69, 9.17) is 30.5 Å². The lowest BCUT2D eigenvalue weighted by Crippen LogP contribution is -2.62. The number of nitrogens with one attached hydrogen (secondary N) is 1. The first-order valence-corrected chi connectivity index (χ1v) is 58.5. The van der Waals surface area contributed by atoms with Crippen LogP contribution in [0.4, 0.5) is 4.79 Å². The minimum absolute atomic E-state index is 0.0135. The maximum atomic E-state index is 14.1. The van der Waals surface area contributed by atoms with Gasteiger partial charge in [0.15, 0.2) is 0 Å². The van der Waals surface area contributed by atoms with Gasteiger partial charge in [0.2, 0.25) is 0 Å². The molecule has 3 saturated heterocycles. The molecule has 2 unspecified atom stereocenters. The molecule has 146 heavy (non-hydrogen) atoms. The van der Waals surface area contributed by atoms with E-state index >= 15 is 0 Å². The Morgan fingerprint density at radius 2 is 0.801 bits per heavy atom. The second-order valence-electron chi connectivity index (χ2n) is 46.5. The fraction of sp³-hybridized carbons (Fsp3) is 0.698. The van der Waals surface area contributed by atoms with Crippen LogP contribution in [0.25, 0.3) is 0 Å². The van der Waals surface area contributed by atoms with Gasteiger partial charge in [0.1, 0.15) is 35.2 Å². The molecular formula is C126H201N7O13. The highest BCUT2D eigenvalue weighted by molar-refractivity contribution is 6.04. The normalized spacial score (nSPS) is 18.4. The van der Waals surface area contributed by atoms with Gasteiger partial charge in [-0.25, -0.2) is 9.59 Å². The second-order valence-corrected chi connectivity index (χ2v) is 46.5. The molecule has 4 aliphatic carbocycles. The molecule has 0 aromatic heterocycles. The number of hydrogen-bond donors (Lipinski definition) is 5. The number of amides is 6. The van der Waals surface area contributed by atoms with Crippen molar-refractivity contribution in [3.63, 3.8) is 0 Å². The summed E-state index contributed by atoms with van der Waals surface area (Å²) < 4.78 is 12.1. The predicted octanol–water partition coefficient (Wildman–Crippen LogP) is 31.2. The smallest absolute Gasteiger partial charge is 0.335 e. The van der Waals surface area contributed by atoms with Crippen molar-refractivity contribution in [3.05, 3.63) is 160 Å². The maximum absolute atomic E-state index is 14.1. The number of primary amides is 1. The van der Waals surface area contributed by atoms with Crippen LogP contribution in [0.5, 0.6) is 17.2 Å². The molecule has 20 nitrogen and oxygen atoms in total. The minimum atomic E-state index is -0.863. The summed E-state index contributed by atoms with van der Waals surface area (Å²) in [6.45, 7) is 38.3. The summed E-state index contributed by atoms with van der Waals surface area (Å²) in [6, 6.07) is 35.5. The number of aromatic carboxylic acids is 1. The number of nitrogens with zero attached hydrogens (tertiary/aromatic N) is 5. The van der Waals surface area contributed by atoms with Crippen LogP contribution in [-0.2, 0) is 25.7 Å². The number of urea groups is 1. The number of carbonyl (C=O) groups is 8. The van der Waals surface area contributed by atoms with E-state index in [0.717, 1.165) is 157 Å². The molecule has 0 bridgehead atoms. The summed E-state index contributed by atoms with van der Waals surface area (Å²) in [7, 11) is 0. The number of para-hydroxylation sites is 1. The zero-order valence-electron chi connectivity index (χ0n) is 94.3. The number of unbranched alkanes of at least 4 members (excludes halogenated alkanes) is 23. The lowest BCUT2D eigenvalue weighted by atomic mass is 9.71. The molecular weight excluding hydrogens is 1820 g/mol. The molecule has 4 saturated carbocycles. The molecule has 7 fully saturated rings. The highest BCUT2D eigenvalue weighted by Crippen LogP contribution is 2.45. The Morgan fingerprint density at radius 1 is 0.432 bits per heavy atom. The Bertz CT molecular complexity index is 4410. The Kier molecular flexibility index (Phi) is 56.9. The van der Waals surface area contributed by atoms with Crippen LogP contribution < -0.4 is 15.8 Å². The number of carboxylic acid groups (broad SMARTS) is 1. The van der Waals surface area contributed by atoms with Crippen LogP contribution in [-0.4, -0.2) is 165 Å². The molecule has 5 aromatic rings. The van der Waals surface area contributed by atoms with Crippen LogP contribution in [0, 0.1) is 32.6 Å². The van der Waals surface area contributed by atoms with Gasteiger partial charge in [-0.15, -0.1) is 0 Å². The van der Waals surface area contributed by atoms with E-state index in [1.807, 2.05) is 78.9 Å². The molecule has 818 valence electrons. The lowest BCUT2D eigenvalue weighted by Gasteiger charge is -2.55. The number of benzene rings is 5. The van der Waals surface area contributed by atoms with Crippen LogP contribution in [0.1, 0.15) is 513 Å². The second kappa shape index (κ2) is 66.8. The number of likely N-dealkylation sites (tertiary alicyclic amines) is 2. The molecule has 20 heteroatoms. The number of carbonyl (C=O) groups excluding carboxylic acids is 7. The van der Waals surface area contributed by atoms with Gasteiger partial charge < -0.3 is 45.2 Å². The number of esters is 1. The number of phenolic OH excluding ortho intramolecular Hbond substituents is 2. The number of imide groups is 1.